The molecule has 0 heterocycles. The molecular formula is C12H8Cl3FN2. The number of halogens is 4. The van der Waals surface area contributed by atoms with Crippen molar-refractivity contribution in [2.24, 2.45) is 0 Å². The Bertz CT molecular complexity index is 602. The molecule has 0 saturated heterocycles. The highest BCUT2D eigenvalue weighted by atomic mass is 35.5. The molecule has 0 aliphatic carbocycles. The molecule has 6 heteroatoms. The number of rotatable bonds is 2. The second kappa shape index (κ2) is 5.22. The van der Waals surface area contributed by atoms with Crippen molar-refractivity contribution in [3.05, 3.63) is 51.2 Å². The summed E-state index contributed by atoms with van der Waals surface area (Å²) in [5.41, 5.74) is 7.41. The number of nitrogens with two attached hydrogens (primary N) is 1. The van der Waals surface area contributed by atoms with Crippen LogP contribution in [-0.4, -0.2) is 0 Å². The summed E-state index contributed by atoms with van der Waals surface area (Å²) >= 11 is 17.4. The van der Waals surface area contributed by atoms with Crippen LogP contribution in [0.3, 0.4) is 0 Å². The Morgan fingerprint density at radius 1 is 0.944 bits per heavy atom. The molecule has 3 N–H and O–H groups in total. The first-order valence-corrected chi connectivity index (χ1v) is 6.07. The van der Waals surface area contributed by atoms with Gasteiger partial charge in [-0.2, -0.15) is 0 Å². The monoisotopic (exact) mass is 304 g/mol. The SMILES string of the molecule is Nc1cc(Cl)c(Cl)cc1Nc1ccc(F)c(Cl)c1. The summed E-state index contributed by atoms with van der Waals surface area (Å²) in [7, 11) is 0. The van der Waals surface area contributed by atoms with Crippen LogP contribution in [0.2, 0.25) is 15.1 Å². The van der Waals surface area contributed by atoms with Gasteiger partial charge in [0.05, 0.1) is 26.4 Å². The average Bonchev–Trinajstić information content (AvgIpc) is 2.31. The summed E-state index contributed by atoms with van der Waals surface area (Å²) in [5.74, 6) is -0.482. The minimum absolute atomic E-state index is 0.0265. The maximum absolute atomic E-state index is 13.0. The first-order valence-electron chi connectivity index (χ1n) is 4.94. The Kier molecular flexibility index (Phi) is 3.85. The van der Waals surface area contributed by atoms with Crippen LogP contribution in [0.25, 0.3) is 0 Å². The number of hydrogen-bond acceptors (Lipinski definition) is 2. The summed E-state index contributed by atoms with van der Waals surface area (Å²) in [4.78, 5) is 0. The van der Waals surface area contributed by atoms with Crippen LogP contribution in [0.15, 0.2) is 30.3 Å². The lowest BCUT2D eigenvalue weighted by molar-refractivity contribution is 0.628. The van der Waals surface area contributed by atoms with Crippen LogP contribution in [-0.2, 0) is 0 Å². The van der Waals surface area contributed by atoms with E-state index in [9.17, 15) is 4.39 Å². The quantitative estimate of drug-likeness (QED) is 0.756. The average molecular weight is 306 g/mol. The molecule has 0 spiro atoms. The van der Waals surface area contributed by atoms with E-state index in [0.29, 0.717) is 27.1 Å². The third kappa shape index (κ3) is 2.80. The van der Waals surface area contributed by atoms with Crippen LogP contribution >= 0.6 is 34.8 Å². The van der Waals surface area contributed by atoms with Gasteiger partial charge in [0, 0.05) is 5.69 Å². The van der Waals surface area contributed by atoms with Crippen molar-refractivity contribution < 1.29 is 4.39 Å². The molecule has 0 atom stereocenters. The molecule has 0 fully saturated rings. The lowest BCUT2D eigenvalue weighted by Gasteiger charge is -2.11. The van der Waals surface area contributed by atoms with Gasteiger partial charge in [-0.25, -0.2) is 4.39 Å². The van der Waals surface area contributed by atoms with Gasteiger partial charge in [-0.3, -0.25) is 0 Å². The van der Waals surface area contributed by atoms with E-state index in [1.54, 1.807) is 12.1 Å². The highest BCUT2D eigenvalue weighted by Gasteiger charge is 2.07. The predicted octanol–water partition coefficient (Wildman–Crippen LogP) is 5.11. The van der Waals surface area contributed by atoms with Crippen LogP contribution in [0.5, 0.6) is 0 Å². The molecule has 94 valence electrons. The summed E-state index contributed by atoms with van der Waals surface area (Å²) < 4.78 is 13.0. The van der Waals surface area contributed by atoms with Crippen molar-refractivity contribution in [3.63, 3.8) is 0 Å². The van der Waals surface area contributed by atoms with Crippen molar-refractivity contribution in [1.82, 2.24) is 0 Å². The Morgan fingerprint density at radius 3 is 2.28 bits per heavy atom. The Hall–Kier alpha value is -1.16. The zero-order chi connectivity index (χ0) is 13.3. The number of nitrogen functional groups attached to an aromatic ring is 1. The first kappa shape index (κ1) is 13.3. The molecule has 2 aromatic rings. The normalized spacial score (nSPS) is 10.4. The van der Waals surface area contributed by atoms with E-state index >= 15 is 0 Å². The van der Waals surface area contributed by atoms with Crippen molar-refractivity contribution >= 4 is 51.9 Å². The van der Waals surface area contributed by atoms with Gasteiger partial charge in [-0.05, 0) is 30.3 Å². The second-order valence-corrected chi connectivity index (χ2v) is 4.83. The minimum Gasteiger partial charge on any atom is -0.397 e. The van der Waals surface area contributed by atoms with Crippen LogP contribution in [0.4, 0.5) is 21.5 Å². The topological polar surface area (TPSA) is 38.0 Å². The fraction of sp³-hybridized carbons (Fsp3) is 0. The lowest BCUT2D eigenvalue weighted by Crippen LogP contribution is -1.97. The molecule has 2 aromatic carbocycles. The third-order valence-corrected chi connectivity index (χ3v) is 3.30. The maximum Gasteiger partial charge on any atom is 0.141 e. The van der Waals surface area contributed by atoms with E-state index in [2.05, 4.69) is 5.32 Å². The molecule has 0 aliphatic heterocycles. The molecule has 2 rings (SSSR count). The zero-order valence-corrected chi connectivity index (χ0v) is 11.2. The Labute approximate surface area is 118 Å². The van der Waals surface area contributed by atoms with E-state index in [1.807, 2.05) is 0 Å². The van der Waals surface area contributed by atoms with Crippen molar-refractivity contribution in [2.75, 3.05) is 11.1 Å². The molecule has 18 heavy (non-hydrogen) atoms. The Morgan fingerprint density at radius 2 is 1.61 bits per heavy atom. The number of hydrogen-bond donors (Lipinski definition) is 2. The molecule has 0 aromatic heterocycles. The zero-order valence-electron chi connectivity index (χ0n) is 8.98. The molecule has 0 amide bonds. The molecule has 0 saturated carbocycles. The van der Waals surface area contributed by atoms with Gasteiger partial charge in [-0.1, -0.05) is 34.8 Å². The fourth-order valence-electron chi connectivity index (χ4n) is 1.40. The van der Waals surface area contributed by atoms with Crippen LogP contribution in [0, 0.1) is 5.82 Å². The molecule has 2 nitrogen and oxygen atoms in total. The largest absolute Gasteiger partial charge is 0.397 e. The van der Waals surface area contributed by atoms with E-state index in [4.69, 9.17) is 40.5 Å². The van der Waals surface area contributed by atoms with Gasteiger partial charge in [0.25, 0.3) is 0 Å². The van der Waals surface area contributed by atoms with Crippen LogP contribution in [0.1, 0.15) is 0 Å². The summed E-state index contributed by atoms with van der Waals surface area (Å²) in [6.45, 7) is 0. The summed E-state index contributed by atoms with van der Waals surface area (Å²) in [6, 6.07) is 7.40. The highest BCUT2D eigenvalue weighted by Crippen LogP contribution is 2.33. The van der Waals surface area contributed by atoms with E-state index in [-0.39, 0.29) is 5.02 Å². The van der Waals surface area contributed by atoms with Crippen molar-refractivity contribution in [3.8, 4) is 0 Å². The van der Waals surface area contributed by atoms with Gasteiger partial charge in [0.15, 0.2) is 0 Å². The van der Waals surface area contributed by atoms with Gasteiger partial charge >= 0.3 is 0 Å². The summed E-state index contributed by atoms with van der Waals surface area (Å²) in [6.07, 6.45) is 0. The Balaban J connectivity index is 2.34. The molecule has 0 aliphatic rings. The smallest absolute Gasteiger partial charge is 0.141 e. The van der Waals surface area contributed by atoms with Gasteiger partial charge in [0.1, 0.15) is 5.82 Å². The predicted molar refractivity (Wildman–Crippen MR) is 75.6 cm³/mol. The number of benzene rings is 2. The summed E-state index contributed by atoms with van der Waals surface area (Å²) in [5, 5.41) is 3.76. The van der Waals surface area contributed by atoms with E-state index in [0.717, 1.165) is 0 Å². The van der Waals surface area contributed by atoms with Gasteiger partial charge in [0.2, 0.25) is 0 Å². The highest BCUT2D eigenvalue weighted by molar-refractivity contribution is 6.42. The van der Waals surface area contributed by atoms with Crippen molar-refractivity contribution in [2.45, 2.75) is 0 Å². The van der Waals surface area contributed by atoms with E-state index < -0.39 is 5.82 Å². The number of anilines is 3. The first-order chi connectivity index (χ1) is 8.47. The van der Waals surface area contributed by atoms with Gasteiger partial charge in [-0.15, -0.1) is 0 Å². The molecule has 0 radical (unpaired) electrons. The number of nitrogens with one attached hydrogen (secondary N) is 1. The second-order valence-electron chi connectivity index (χ2n) is 3.61. The lowest BCUT2D eigenvalue weighted by atomic mass is 10.2. The molecular weight excluding hydrogens is 298 g/mol. The maximum atomic E-state index is 13.0. The van der Waals surface area contributed by atoms with Crippen molar-refractivity contribution in [1.29, 1.82) is 0 Å². The van der Waals surface area contributed by atoms with Crippen LogP contribution < -0.4 is 11.1 Å². The van der Waals surface area contributed by atoms with E-state index in [1.165, 1.54) is 18.2 Å². The fourth-order valence-corrected chi connectivity index (χ4v) is 1.92. The van der Waals surface area contributed by atoms with Gasteiger partial charge < -0.3 is 11.1 Å². The minimum atomic E-state index is -0.482. The molecule has 0 bridgehead atoms. The standard InChI is InChI=1S/C12H8Cl3FN2/c13-7-4-11(17)12(5-8(7)14)18-6-1-2-10(16)9(15)3-6/h1-5,18H,17H2. The molecule has 0 unspecified atom stereocenters. The third-order valence-electron chi connectivity index (χ3n) is 2.29.